The van der Waals surface area contributed by atoms with Crippen LogP contribution in [0, 0.1) is 11.8 Å². The Morgan fingerprint density at radius 3 is 1.71 bits per heavy atom. The van der Waals surface area contributed by atoms with Crippen LogP contribution in [-0.2, 0) is 24.0 Å². The second-order valence-electron chi connectivity index (χ2n) is 9.68. The van der Waals surface area contributed by atoms with Crippen LogP contribution in [0.15, 0.2) is 0 Å². The van der Waals surface area contributed by atoms with Gasteiger partial charge in [-0.2, -0.15) is 0 Å². The molecule has 35 heavy (non-hydrogen) atoms. The van der Waals surface area contributed by atoms with Gasteiger partial charge in [-0.05, 0) is 50.5 Å². The summed E-state index contributed by atoms with van der Waals surface area (Å²) in [5.74, 6) is -3.74. The normalized spacial score (nSPS) is 14.6. The average Bonchev–Trinajstić information content (AvgIpc) is 2.74. The van der Waals surface area contributed by atoms with E-state index in [0.29, 0.717) is 19.4 Å². The molecule has 0 spiro atoms. The number of hydrogen-bond acceptors (Lipinski definition) is 7. The number of amides is 4. The highest BCUT2D eigenvalue weighted by molar-refractivity contribution is 5.94. The molecule has 0 fully saturated rings. The van der Waals surface area contributed by atoms with Crippen LogP contribution in [-0.4, -0.2) is 65.4 Å². The maximum atomic E-state index is 13.1. The fraction of sp³-hybridized carbons (Fsp3) is 0.783. The molecule has 4 amide bonds. The summed E-state index contributed by atoms with van der Waals surface area (Å²) < 4.78 is 0. The van der Waals surface area contributed by atoms with Crippen molar-refractivity contribution in [3.05, 3.63) is 0 Å². The highest BCUT2D eigenvalue weighted by atomic mass is 16.4. The third kappa shape index (κ3) is 14.3. The first kappa shape index (κ1) is 32.3. The number of aliphatic carboxylic acids is 1. The molecule has 0 saturated heterocycles. The second kappa shape index (κ2) is 16.8. The Labute approximate surface area is 207 Å². The van der Waals surface area contributed by atoms with Gasteiger partial charge in [0.15, 0.2) is 0 Å². The zero-order valence-corrected chi connectivity index (χ0v) is 21.3. The monoisotopic (exact) mass is 500 g/mol. The molecule has 0 aliphatic heterocycles. The summed E-state index contributed by atoms with van der Waals surface area (Å²) in [5, 5.41) is 17.0. The predicted molar refractivity (Wildman–Crippen MR) is 132 cm³/mol. The van der Waals surface area contributed by atoms with Crippen molar-refractivity contribution in [2.24, 2.45) is 29.0 Å². The van der Waals surface area contributed by atoms with Gasteiger partial charge in [0.1, 0.15) is 18.1 Å². The van der Waals surface area contributed by atoms with Crippen LogP contribution in [0.2, 0.25) is 0 Å². The number of nitrogens with one attached hydrogen (secondary N) is 3. The largest absolute Gasteiger partial charge is 0.480 e. The molecule has 4 unspecified atom stereocenters. The van der Waals surface area contributed by atoms with E-state index in [1.165, 1.54) is 0 Å². The molecule has 0 heterocycles. The van der Waals surface area contributed by atoms with Crippen LogP contribution < -0.4 is 33.2 Å². The molecule has 0 rings (SSSR count). The fourth-order valence-electron chi connectivity index (χ4n) is 3.41. The Bertz CT molecular complexity index is 715. The van der Waals surface area contributed by atoms with Crippen LogP contribution in [0.1, 0.15) is 72.6 Å². The molecule has 10 N–H and O–H groups in total. The van der Waals surface area contributed by atoms with Crippen LogP contribution in [0.3, 0.4) is 0 Å². The van der Waals surface area contributed by atoms with Crippen LogP contribution >= 0.6 is 0 Å². The third-order valence-corrected chi connectivity index (χ3v) is 5.28. The van der Waals surface area contributed by atoms with Gasteiger partial charge in [0.05, 0.1) is 6.04 Å². The fourth-order valence-corrected chi connectivity index (χ4v) is 3.41. The number of carbonyl (C=O) groups is 5. The lowest BCUT2D eigenvalue weighted by atomic mass is 10.0. The molecule has 0 aromatic carbocycles. The zero-order valence-electron chi connectivity index (χ0n) is 21.3. The third-order valence-electron chi connectivity index (χ3n) is 5.28. The van der Waals surface area contributed by atoms with Crippen molar-refractivity contribution in [2.75, 3.05) is 6.54 Å². The number of rotatable bonds is 18. The highest BCUT2D eigenvalue weighted by Crippen LogP contribution is 2.10. The average molecular weight is 501 g/mol. The minimum absolute atomic E-state index is 0.00486. The van der Waals surface area contributed by atoms with Crippen molar-refractivity contribution >= 4 is 29.6 Å². The van der Waals surface area contributed by atoms with E-state index in [2.05, 4.69) is 16.0 Å². The molecule has 0 aliphatic rings. The quantitative estimate of drug-likeness (QED) is 0.119. The van der Waals surface area contributed by atoms with E-state index in [1.807, 2.05) is 27.7 Å². The standard InChI is InChI=1S/C23H44N6O6/c1-13(2)11-17(28-20(31)15(25)7-5-6-10-24)22(33)27-16(8-9-19(26)30)21(32)29-18(23(34)35)12-14(3)4/h13-18H,5-12,24-25H2,1-4H3,(H2,26,30)(H,27,33)(H,28,31)(H,29,32)(H,34,35). The first-order valence-electron chi connectivity index (χ1n) is 12.2. The molecule has 0 aromatic heterocycles. The summed E-state index contributed by atoms with van der Waals surface area (Å²) in [6.45, 7) is 7.85. The molecular weight excluding hydrogens is 456 g/mol. The highest BCUT2D eigenvalue weighted by Gasteiger charge is 2.31. The summed E-state index contributed by atoms with van der Waals surface area (Å²) in [6, 6.07) is -4.16. The van der Waals surface area contributed by atoms with Gasteiger partial charge in [0.2, 0.25) is 23.6 Å². The van der Waals surface area contributed by atoms with Gasteiger partial charge in [0.25, 0.3) is 0 Å². The number of carboxylic acids is 1. The number of hydrogen-bond donors (Lipinski definition) is 7. The van der Waals surface area contributed by atoms with E-state index < -0.39 is 53.8 Å². The number of carbonyl (C=O) groups excluding carboxylic acids is 4. The first-order valence-corrected chi connectivity index (χ1v) is 12.2. The molecule has 12 heteroatoms. The smallest absolute Gasteiger partial charge is 0.326 e. The maximum Gasteiger partial charge on any atom is 0.326 e. The van der Waals surface area contributed by atoms with Gasteiger partial charge in [-0.15, -0.1) is 0 Å². The summed E-state index contributed by atoms with van der Waals surface area (Å²) in [7, 11) is 0. The van der Waals surface area contributed by atoms with E-state index in [0.717, 1.165) is 6.42 Å². The topological polar surface area (TPSA) is 220 Å². The second-order valence-corrected chi connectivity index (χ2v) is 9.68. The van der Waals surface area contributed by atoms with Gasteiger partial charge in [-0.1, -0.05) is 34.1 Å². The van der Waals surface area contributed by atoms with Crippen molar-refractivity contribution in [3.8, 4) is 0 Å². The lowest BCUT2D eigenvalue weighted by molar-refractivity contribution is -0.143. The minimum Gasteiger partial charge on any atom is -0.480 e. The van der Waals surface area contributed by atoms with Crippen molar-refractivity contribution in [3.63, 3.8) is 0 Å². The van der Waals surface area contributed by atoms with E-state index in [9.17, 15) is 29.1 Å². The SMILES string of the molecule is CC(C)CC(NC(=O)C(CCC(N)=O)NC(=O)C(CC(C)C)NC(=O)C(N)CCCCN)C(=O)O. The molecule has 0 radical (unpaired) electrons. The molecule has 202 valence electrons. The number of primary amides is 1. The predicted octanol–water partition coefficient (Wildman–Crippen LogP) is -0.661. The molecule has 12 nitrogen and oxygen atoms in total. The lowest BCUT2D eigenvalue weighted by Gasteiger charge is -2.26. The van der Waals surface area contributed by atoms with E-state index in [4.69, 9.17) is 17.2 Å². The van der Waals surface area contributed by atoms with E-state index in [-0.39, 0.29) is 37.5 Å². The van der Waals surface area contributed by atoms with Gasteiger partial charge in [0, 0.05) is 6.42 Å². The Morgan fingerprint density at radius 2 is 1.23 bits per heavy atom. The van der Waals surface area contributed by atoms with Crippen molar-refractivity contribution in [1.29, 1.82) is 0 Å². The van der Waals surface area contributed by atoms with Crippen LogP contribution in [0.25, 0.3) is 0 Å². The number of carboxylic acid groups (broad SMARTS) is 1. The van der Waals surface area contributed by atoms with Crippen molar-refractivity contribution in [1.82, 2.24) is 16.0 Å². The summed E-state index contributed by atoms with van der Waals surface area (Å²) in [5.41, 5.74) is 16.6. The van der Waals surface area contributed by atoms with Crippen molar-refractivity contribution < 1.29 is 29.1 Å². The minimum atomic E-state index is -1.21. The van der Waals surface area contributed by atoms with E-state index >= 15 is 0 Å². The molecule has 4 atom stereocenters. The summed E-state index contributed by atoms with van der Waals surface area (Å²) in [4.78, 5) is 61.3. The molecule has 0 saturated carbocycles. The summed E-state index contributed by atoms with van der Waals surface area (Å²) in [6.07, 6.45) is 1.95. The van der Waals surface area contributed by atoms with Gasteiger partial charge < -0.3 is 38.3 Å². The van der Waals surface area contributed by atoms with Gasteiger partial charge in [-0.3, -0.25) is 19.2 Å². The van der Waals surface area contributed by atoms with Crippen molar-refractivity contribution in [2.45, 2.75) is 96.8 Å². The molecule has 0 aliphatic carbocycles. The number of nitrogens with two attached hydrogens (primary N) is 3. The van der Waals surface area contributed by atoms with Gasteiger partial charge >= 0.3 is 5.97 Å². The Kier molecular flexibility index (Phi) is 15.5. The van der Waals surface area contributed by atoms with E-state index in [1.54, 1.807) is 0 Å². The summed E-state index contributed by atoms with van der Waals surface area (Å²) >= 11 is 0. The Morgan fingerprint density at radius 1 is 0.743 bits per heavy atom. The molecular formula is C23H44N6O6. The number of unbranched alkanes of at least 4 members (excludes halogenated alkanes) is 1. The lowest BCUT2D eigenvalue weighted by Crippen LogP contribution is -2.57. The Hall–Kier alpha value is -2.73. The maximum absolute atomic E-state index is 13.1. The van der Waals surface area contributed by atoms with Gasteiger partial charge in [-0.25, -0.2) is 4.79 Å². The van der Waals surface area contributed by atoms with Crippen LogP contribution in [0.5, 0.6) is 0 Å². The van der Waals surface area contributed by atoms with Crippen LogP contribution in [0.4, 0.5) is 0 Å². The zero-order chi connectivity index (χ0) is 27.1. The first-order chi connectivity index (χ1) is 16.3. The molecule has 0 bridgehead atoms. The Balaban J connectivity index is 5.50. The molecule has 0 aromatic rings.